The van der Waals surface area contributed by atoms with Gasteiger partial charge in [0.2, 0.25) is 0 Å². The third-order valence-corrected chi connectivity index (χ3v) is 10.5. The lowest BCUT2D eigenvalue weighted by molar-refractivity contribution is 0.0535. The molecule has 1 aliphatic heterocycles. The van der Waals surface area contributed by atoms with Crippen LogP contribution in [0.5, 0.6) is 0 Å². The lowest BCUT2D eigenvalue weighted by atomic mass is 9.68. The van der Waals surface area contributed by atoms with Crippen molar-refractivity contribution in [3.63, 3.8) is 0 Å². The van der Waals surface area contributed by atoms with E-state index in [4.69, 9.17) is 0 Å². The maximum Gasteiger partial charge on any atom is 0.0940 e. The van der Waals surface area contributed by atoms with E-state index in [0.29, 0.717) is 12.3 Å². The van der Waals surface area contributed by atoms with Crippen LogP contribution in [0.25, 0.3) is 22.9 Å². The first-order chi connectivity index (χ1) is 19.9. The van der Waals surface area contributed by atoms with Gasteiger partial charge in [0.1, 0.15) is 0 Å². The molecule has 0 amide bonds. The predicted octanol–water partition coefficient (Wildman–Crippen LogP) is 7.44. The van der Waals surface area contributed by atoms with Gasteiger partial charge in [-0.2, -0.15) is 0 Å². The van der Waals surface area contributed by atoms with E-state index in [-0.39, 0.29) is 11.5 Å². The largest absolute Gasteiger partial charge is 0.385 e. The van der Waals surface area contributed by atoms with E-state index in [2.05, 4.69) is 103 Å². The molecule has 3 nitrogen and oxygen atoms in total. The molecule has 0 bridgehead atoms. The maximum atomic E-state index is 12.4. The summed E-state index contributed by atoms with van der Waals surface area (Å²) in [7, 11) is 0. The Labute approximate surface area is 243 Å². The van der Waals surface area contributed by atoms with E-state index in [0.717, 1.165) is 45.1 Å². The minimum Gasteiger partial charge on any atom is -0.385 e. The summed E-state index contributed by atoms with van der Waals surface area (Å²) < 4.78 is 0. The number of aromatic amines is 1. The number of aliphatic hydroxyl groups is 1. The van der Waals surface area contributed by atoms with Gasteiger partial charge < -0.3 is 15.4 Å². The zero-order valence-corrected chi connectivity index (χ0v) is 24.3. The zero-order chi connectivity index (χ0) is 27.8. The molecule has 4 aliphatic rings. The van der Waals surface area contributed by atoms with Crippen LogP contribution in [0.1, 0.15) is 82.9 Å². The Balaban J connectivity index is 1.14. The van der Waals surface area contributed by atoms with Crippen molar-refractivity contribution in [1.29, 1.82) is 0 Å². The molecule has 0 saturated heterocycles. The Morgan fingerprint density at radius 1 is 0.878 bits per heavy atom. The van der Waals surface area contributed by atoms with E-state index in [1.54, 1.807) is 0 Å². The first kappa shape index (κ1) is 25.3. The smallest absolute Gasteiger partial charge is 0.0940 e. The van der Waals surface area contributed by atoms with Gasteiger partial charge in [0.25, 0.3) is 0 Å². The van der Waals surface area contributed by atoms with Gasteiger partial charge in [-0.05, 0) is 114 Å². The highest BCUT2D eigenvalue weighted by Gasteiger charge is 2.42. The van der Waals surface area contributed by atoms with Crippen LogP contribution in [0.3, 0.4) is 0 Å². The molecule has 208 valence electrons. The number of H-pyrrole nitrogens is 1. The van der Waals surface area contributed by atoms with Crippen LogP contribution < -0.4 is 5.32 Å². The standard InChI is InChI=1S/C38H40N2O/c1-37(2)21-32-33-22-38(41,18-17-35(33)40-36(32)23-39-37)34-10-6-9-27-28-14-13-26-12-11-25(19-24-7-4-3-5-8-24)20-31(26)29(28)15-16-30(27)34/h3-5,7-8,11-18,25,34,39-41H,6,9-10,19-23H2,1-2H3. The molecule has 0 saturated carbocycles. The Kier molecular flexibility index (Phi) is 5.75. The number of nitrogens with one attached hydrogen (secondary N) is 2. The van der Waals surface area contributed by atoms with Crippen LogP contribution >= 0.6 is 0 Å². The number of aromatic nitrogens is 1. The predicted molar refractivity (Wildman–Crippen MR) is 169 cm³/mol. The summed E-state index contributed by atoms with van der Waals surface area (Å²) in [5, 5.41) is 18.8. The summed E-state index contributed by atoms with van der Waals surface area (Å²) in [6, 6.07) is 20.3. The molecule has 3 aliphatic carbocycles. The highest BCUT2D eigenvalue weighted by atomic mass is 16.3. The molecule has 2 heterocycles. The van der Waals surface area contributed by atoms with Crippen molar-refractivity contribution in [2.24, 2.45) is 5.92 Å². The van der Waals surface area contributed by atoms with Crippen LogP contribution in [-0.2, 0) is 38.6 Å². The van der Waals surface area contributed by atoms with Crippen LogP contribution in [0, 0.1) is 5.92 Å². The third-order valence-electron chi connectivity index (χ3n) is 10.5. The van der Waals surface area contributed by atoms with Crippen molar-refractivity contribution in [3.8, 4) is 0 Å². The first-order valence-electron chi connectivity index (χ1n) is 15.6. The normalized spacial score (nSPS) is 25.8. The summed E-state index contributed by atoms with van der Waals surface area (Å²) >= 11 is 0. The Morgan fingerprint density at radius 2 is 1.71 bits per heavy atom. The van der Waals surface area contributed by atoms with Crippen molar-refractivity contribution in [2.45, 2.75) is 82.4 Å². The van der Waals surface area contributed by atoms with Crippen molar-refractivity contribution in [2.75, 3.05) is 0 Å². The minimum absolute atomic E-state index is 0.0764. The summed E-state index contributed by atoms with van der Waals surface area (Å²) in [5.41, 5.74) is 11.5. The van der Waals surface area contributed by atoms with Crippen LogP contribution in [-0.4, -0.2) is 21.2 Å². The molecule has 0 fully saturated rings. The van der Waals surface area contributed by atoms with Crippen LogP contribution in [0.4, 0.5) is 0 Å². The van der Waals surface area contributed by atoms with Gasteiger partial charge in [-0.25, -0.2) is 0 Å². The molecule has 3 atom stereocenters. The molecule has 8 rings (SSSR count). The molecule has 41 heavy (non-hydrogen) atoms. The monoisotopic (exact) mass is 540 g/mol. The van der Waals surface area contributed by atoms with Gasteiger partial charge in [0.05, 0.1) is 5.60 Å². The summed E-state index contributed by atoms with van der Waals surface area (Å²) in [6.07, 6.45) is 16.1. The average molecular weight is 541 g/mol. The van der Waals surface area contributed by atoms with E-state index in [9.17, 15) is 5.11 Å². The molecule has 3 unspecified atom stereocenters. The highest BCUT2D eigenvalue weighted by molar-refractivity contribution is 5.93. The fourth-order valence-electron chi connectivity index (χ4n) is 8.35. The Bertz CT molecular complexity index is 1720. The molecular weight excluding hydrogens is 500 g/mol. The van der Waals surface area contributed by atoms with E-state index < -0.39 is 5.60 Å². The fraction of sp³-hybridized carbons (Fsp3) is 0.368. The van der Waals surface area contributed by atoms with Gasteiger partial charge in [-0.3, -0.25) is 0 Å². The van der Waals surface area contributed by atoms with Crippen LogP contribution in [0.15, 0.2) is 66.7 Å². The zero-order valence-electron chi connectivity index (χ0n) is 24.3. The molecule has 3 heteroatoms. The second-order valence-electron chi connectivity index (χ2n) is 13.7. The molecule has 3 N–H and O–H groups in total. The Hall–Kier alpha value is -3.40. The highest BCUT2D eigenvalue weighted by Crippen LogP contribution is 2.47. The molecule has 4 aromatic rings. The van der Waals surface area contributed by atoms with E-state index in [1.165, 1.54) is 61.1 Å². The van der Waals surface area contributed by atoms with Gasteiger partial charge in [0, 0.05) is 35.8 Å². The topological polar surface area (TPSA) is 48.0 Å². The lowest BCUT2D eigenvalue weighted by Gasteiger charge is -2.40. The molecular formula is C38H40N2O. The summed E-state index contributed by atoms with van der Waals surface area (Å²) in [6.45, 7) is 5.42. The quantitative estimate of drug-likeness (QED) is 0.253. The number of rotatable bonds is 3. The third kappa shape index (κ3) is 4.24. The number of hydrogen-bond acceptors (Lipinski definition) is 2. The molecule has 1 aromatic heterocycles. The fourth-order valence-corrected chi connectivity index (χ4v) is 8.35. The first-order valence-corrected chi connectivity index (χ1v) is 15.6. The SMILES string of the molecule is CC1(C)Cc2c([nH]c3c2CC(O)(C2CCCc4c2ccc2c5c(ccc42)C=CC(Cc2ccccc2)C5)C=C3)CN1. The summed E-state index contributed by atoms with van der Waals surface area (Å²) in [5.74, 6) is 0.635. The van der Waals surface area contributed by atoms with Gasteiger partial charge >= 0.3 is 0 Å². The number of hydrogen-bond donors (Lipinski definition) is 3. The lowest BCUT2D eigenvalue weighted by Crippen LogP contribution is -2.45. The number of allylic oxidation sites excluding steroid dienone is 1. The van der Waals surface area contributed by atoms with Crippen molar-refractivity contribution in [1.82, 2.24) is 10.3 Å². The second-order valence-corrected chi connectivity index (χ2v) is 13.7. The number of benzene rings is 3. The minimum atomic E-state index is -0.863. The summed E-state index contributed by atoms with van der Waals surface area (Å²) in [4.78, 5) is 3.66. The van der Waals surface area contributed by atoms with Gasteiger partial charge in [0.15, 0.2) is 0 Å². The molecule has 0 spiro atoms. The number of aryl methyl sites for hydroxylation is 1. The van der Waals surface area contributed by atoms with Gasteiger partial charge in [-0.15, -0.1) is 0 Å². The van der Waals surface area contributed by atoms with E-state index in [1.807, 2.05) is 0 Å². The second kappa shape index (κ2) is 9.31. The molecule has 0 radical (unpaired) electrons. The van der Waals surface area contributed by atoms with Crippen molar-refractivity contribution in [3.05, 3.63) is 117 Å². The van der Waals surface area contributed by atoms with E-state index >= 15 is 0 Å². The average Bonchev–Trinajstić information content (AvgIpc) is 3.32. The van der Waals surface area contributed by atoms with Crippen LogP contribution in [0.2, 0.25) is 0 Å². The molecule has 3 aromatic carbocycles. The van der Waals surface area contributed by atoms with Crippen molar-refractivity contribution < 1.29 is 5.11 Å². The van der Waals surface area contributed by atoms with Gasteiger partial charge in [-0.1, -0.05) is 72.8 Å². The van der Waals surface area contributed by atoms with Crippen molar-refractivity contribution >= 4 is 22.9 Å². The maximum absolute atomic E-state index is 12.4. The Morgan fingerprint density at radius 3 is 2.59 bits per heavy atom. The number of fused-ring (bicyclic) bond motifs is 8.